The Morgan fingerprint density at radius 3 is 2.50 bits per heavy atom. The lowest BCUT2D eigenvalue weighted by molar-refractivity contribution is -0.145. The lowest BCUT2D eigenvalue weighted by atomic mass is 9.86. The van der Waals surface area contributed by atoms with E-state index in [4.69, 9.17) is 16.3 Å². The molecule has 8 heteroatoms. The smallest absolute Gasteiger partial charge is 0.306 e. The average molecular weight is 422 g/mol. The van der Waals surface area contributed by atoms with Gasteiger partial charge in [-0.2, -0.15) is 11.8 Å². The molecule has 5 nitrogen and oxygen atoms in total. The van der Waals surface area contributed by atoms with E-state index in [1.165, 1.54) is 12.1 Å². The van der Waals surface area contributed by atoms with Crippen LogP contribution in [-0.2, 0) is 19.6 Å². The number of esters is 1. The molecule has 0 radical (unpaired) electrons. The van der Waals surface area contributed by atoms with Crippen molar-refractivity contribution in [2.75, 3.05) is 24.7 Å². The lowest BCUT2D eigenvalue weighted by Crippen LogP contribution is -2.25. The zero-order chi connectivity index (χ0) is 19.6. The number of rotatable bonds is 12. The number of ether oxygens (including phenoxy) is 1. The SMILES string of the molecule is CCOC(=O)CC(C)(C)CCSCCCNS(=O)(=O)c1ccc(Cl)cc1. The number of carbonyl (C=O) groups excluding carboxylic acids is 1. The van der Waals surface area contributed by atoms with E-state index >= 15 is 0 Å². The molecule has 0 saturated carbocycles. The van der Waals surface area contributed by atoms with Crippen LogP contribution in [0.4, 0.5) is 0 Å². The Balaban J connectivity index is 2.21. The highest BCUT2D eigenvalue weighted by Crippen LogP contribution is 2.27. The Morgan fingerprint density at radius 2 is 1.88 bits per heavy atom. The van der Waals surface area contributed by atoms with Crippen LogP contribution in [0.3, 0.4) is 0 Å². The van der Waals surface area contributed by atoms with Gasteiger partial charge in [0.05, 0.1) is 17.9 Å². The van der Waals surface area contributed by atoms with E-state index < -0.39 is 10.0 Å². The third-order valence-electron chi connectivity index (χ3n) is 3.73. The van der Waals surface area contributed by atoms with Crippen LogP contribution in [0.1, 0.15) is 40.0 Å². The van der Waals surface area contributed by atoms with Crippen molar-refractivity contribution < 1.29 is 17.9 Å². The first-order valence-corrected chi connectivity index (χ1v) is 11.7. The average Bonchev–Trinajstić information content (AvgIpc) is 2.54. The molecule has 1 N–H and O–H groups in total. The summed E-state index contributed by atoms with van der Waals surface area (Å²) < 4.78 is 31.8. The first-order chi connectivity index (χ1) is 12.2. The maximum Gasteiger partial charge on any atom is 0.306 e. The highest BCUT2D eigenvalue weighted by Gasteiger charge is 2.22. The van der Waals surface area contributed by atoms with E-state index in [2.05, 4.69) is 18.6 Å². The summed E-state index contributed by atoms with van der Waals surface area (Å²) in [6.45, 7) is 6.73. The van der Waals surface area contributed by atoms with Gasteiger partial charge in [-0.05, 0) is 61.0 Å². The molecule has 1 aromatic carbocycles. The Bertz CT molecular complexity index is 660. The van der Waals surface area contributed by atoms with Gasteiger partial charge in [0.2, 0.25) is 10.0 Å². The summed E-state index contributed by atoms with van der Waals surface area (Å²) in [4.78, 5) is 11.8. The predicted octanol–water partition coefficient (Wildman–Crippen LogP) is 4.11. The van der Waals surface area contributed by atoms with Gasteiger partial charge in [-0.15, -0.1) is 0 Å². The van der Waals surface area contributed by atoms with Crippen molar-refractivity contribution in [1.82, 2.24) is 4.72 Å². The molecule has 0 atom stereocenters. The number of hydrogen-bond acceptors (Lipinski definition) is 5. The topological polar surface area (TPSA) is 72.5 Å². The molecule has 0 saturated heterocycles. The number of halogens is 1. The summed E-state index contributed by atoms with van der Waals surface area (Å²) in [5.74, 6) is 1.63. The number of carbonyl (C=O) groups is 1. The second kappa shape index (κ2) is 11.2. The summed E-state index contributed by atoms with van der Waals surface area (Å²) in [7, 11) is -3.48. The van der Waals surface area contributed by atoms with Crippen LogP contribution in [0.2, 0.25) is 5.02 Å². The van der Waals surface area contributed by atoms with Gasteiger partial charge < -0.3 is 4.74 Å². The normalized spacial score (nSPS) is 12.2. The quantitative estimate of drug-likeness (QED) is 0.406. The summed E-state index contributed by atoms with van der Waals surface area (Å²) >= 11 is 7.53. The standard InChI is InChI=1S/C18H28ClNO4S2/c1-4-24-17(21)14-18(2,3)10-13-25-12-5-11-20-26(22,23)16-8-6-15(19)7-9-16/h6-9,20H,4-5,10-14H2,1-3H3. The number of benzene rings is 1. The highest BCUT2D eigenvalue weighted by molar-refractivity contribution is 7.99. The fourth-order valence-corrected chi connectivity index (χ4v) is 4.67. The van der Waals surface area contributed by atoms with Crippen molar-refractivity contribution >= 4 is 39.4 Å². The monoisotopic (exact) mass is 421 g/mol. The Morgan fingerprint density at radius 1 is 1.23 bits per heavy atom. The van der Waals surface area contributed by atoms with Crippen molar-refractivity contribution in [2.45, 2.75) is 44.9 Å². The number of nitrogens with one attached hydrogen (secondary N) is 1. The van der Waals surface area contributed by atoms with Gasteiger partial charge in [-0.1, -0.05) is 25.4 Å². The summed E-state index contributed by atoms with van der Waals surface area (Å²) in [6.07, 6.45) is 2.07. The second-order valence-corrected chi connectivity index (χ2v) is 10.1. The number of thioether (sulfide) groups is 1. The maximum absolute atomic E-state index is 12.1. The Kier molecular flexibility index (Phi) is 10.00. The number of hydrogen-bond donors (Lipinski definition) is 1. The van der Waals surface area contributed by atoms with Crippen LogP contribution in [0, 0.1) is 5.41 Å². The van der Waals surface area contributed by atoms with Crippen LogP contribution in [-0.4, -0.2) is 39.0 Å². The lowest BCUT2D eigenvalue weighted by Gasteiger charge is -2.23. The predicted molar refractivity (Wildman–Crippen MR) is 108 cm³/mol. The van der Waals surface area contributed by atoms with E-state index in [0.29, 0.717) is 24.6 Å². The van der Waals surface area contributed by atoms with Gasteiger partial charge in [-0.3, -0.25) is 4.79 Å². The van der Waals surface area contributed by atoms with Crippen molar-refractivity contribution in [1.29, 1.82) is 0 Å². The van der Waals surface area contributed by atoms with E-state index in [9.17, 15) is 13.2 Å². The Hall–Kier alpha value is -0.760. The second-order valence-electron chi connectivity index (χ2n) is 6.71. The van der Waals surface area contributed by atoms with Crippen molar-refractivity contribution in [3.63, 3.8) is 0 Å². The van der Waals surface area contributed by atoms with E-state index in [1.807, 2.05) is 6.92 Å². The molecule has 0 aliphatic heterocycles. The minimum absolute atomic E-state index is 0.0879. The molecule has 1 rings (SSSR count). The minimum Gasteiger partial charge on any atom is -0.466 e. The third-order valence-corrected chi connectivity index (χ3v) is 6.53. The molecule has 0 spiro atoms. The zero-order valence-electron chi connectivity index (χ0n) is 15.6. The molecule has 0 aliphatic carbocycles. The largest absolute Gasteiger partial charge is 0.466 e. The first kappa shape index (κ1) is 23.3. The van der Waals surface area contributed by atoms with Crippen LogP contribution >= 0.6 is 23.4 Å². The molecule has 26 heavy (non-hydrogen) atoms. The maximum atomic E-state index is 12.1. The first-order valence-electron chi connectivity index (χ1n) is 8.65. The van der Waals surface area contributed by atoms with Crippen LogP contribution in [0.5, 0.6) is 0 Å². The molecular formula is C18H28ClNO4S2. The molecule has 0 unspecified atom stereocenters. The van der Waals surface area contributed by atoms with Crippen LogP contribution < -0.4 is 4.72 Å². The highest BCUT2D eigenvalue weighted by atomic mass is 35.5. The van der Waals surface area contributed by atoms with Gasteiger partial charge in [0.1, 0.15) is 0 Å². The molecule has 148 valence electrons. The van der Waals surface area contributed by atoms with Gasteiger partial charge in [0.15, 0.2) is 0 Å². The molecule has 0 bridgehead atoms. The van der Waals surface area contributed by atoms with Gasteiger partial charge in [-0.25, -0.2) is 13.1 Å². The van der Waals surface area contributed by atoms with Crippen molar-refractivity contribution in [3.8, 4) is 0 Å². The fourth-order valence-electron chi connectivity index (χ4n) is 2.22. The summed E-state index contributed by atoms with van der Waals surface area (Å²) in [5.41, 5.74) is -0.0879. The van der Waals surface area contributed by atoms with E-state index in [0.717, 1.165) is 24.3 Å². The molecule has 0 aromatic heterocycles. The van der Waals surface area contributed by atoms with Crippen LogP contribution in [0.15, 0.2) is 29.2 Å². The van der Waals surface area contributed by atoms with Crippen LogP contribution in [0.25, 0.3) is 0 Å². The summed E-state index contributed by atoms with van der Waals surface area (Å²) in [5, 5.41) is 0.506. The van der Waals surface area contributed by atoms with Crippen molar-refractivity contribution in [2.24, 2.45) is 5.41 Å². The fraction of sp³-hybridized carbons (Fsp3) is 0.611. The molecule has 0 aliphatic rings. The molecule has 0 fully saturated rings. The molecule has 1 aromatic rings. The molecule has 0 amide bonds. The molecule has 0 heterocycles. The van der Waals surface area contributed by atoms with E-state index in [1.54, 1.807) is 23.9 Å². The summed E-state index contributed by atoms with van der Waals surface area (Å²) in [6, 6.07) is 6.10. The Labute approximate surface area is 166 Å². The molecular weight excluding hydrogens is 394 g/mol. The van der Waals surface area contributed by atoms with Crippen molar-refractivity contribution in [3.05, 3.63) is 29.3 Å². The third kappa shape index (κ3) is 9.26. The van der Waals surface area contributed by atoms with Gasteiger partial charge in [0, 0.05) is 11.6 Å². The van der Waals surface area contributed by atoms with Gasteiger partial charge >= 0.3 is 5.97 Å². The minimum atomic E-state index is -3.48. The van der Waals surface area contributed by atoms with Gasteiger partial charge in [0.25, 0.3) is 0 Å². The number of sulfonamides is 1. The van der Waals surface area contributed by atoms with E-state index in [-0.39, 0.29) is 16.3 Å². The zero-order valence-corrected chi connectivity index (χ0v) is 18.0.